The number of hydrogen-bond acceptors (Lipinski definition) is 2. The predicted molar refractivity (Wildman–Crippen MR) is 88.2 cm³/mol. The van der Waals surface area contributed by atoms with Gasteiger partial charge in [-0.15, -0.1) is 0 Å². The molecular weight excluding hydrogens is 330 g/mol. The SMILES string of the molecule is COc1ccccc1C(=O)NC(CBr)Cc1ccccc1. The van der Waals surface area contributed by atoms with Gasteiger partial charge in [0.15, 0.2) is 0 Å². The van der Waals surface area contributed by atoms with E-state index in [-0.39, 0.29) is 11.9 Å². The lowest BCUT2D eigenvalue weighted by Gasteiger charge is -2.17. The van der Waals surface area contributed by atoms with E-state index in [9.17, 15) is 4.79 Å². The molecule has 0 saturated carbocycles. The van der Waals surface area contributed by atoms with Crippen molar-refractivity contribution >= 4 is 21.8 Å². The Bertz CT molecular complexity index is 586. The number of para-hydroxylation sites is 1. The summed E-state index contributed by atoms with van der Waals surface area (Å²) in [6.45, 7) is 0. The van der Waals surface area contributed by atoms with Crippen molar-refractivity contribution in [1.82, 2.24) is 5.32 Å². The minimum Gasteiger partial charge on any atom is -0.496 e. The summed E-state index contributed by atoms with van der Waals surface area (Å²) in [6.07, 6.45) is 0.785. The molecule has 2 aromatic rings. The molecule has 0 aliphatic heterocycles. The van der Waals surface area contributed by atoms with Crippen molar-refractivity contribution in [3.05, 3.63) is 65.7 Å². The third-order valence-electron chi connectivity index (χ3n) is 3.20. The molecule has 4 heteroatoms. The van der Waals surface area contributed by atoms with Crippen molar-refractivity contribution in [2.45, 2.75) is 12.5 Å². The van der Waals surface area contributed by atoms with Crippen molar-refractivity contribution in [3.63, 3.8) is 0 Å². The van der Waals surface area contributed by atoms with E-state index in [4.69, 9.17) is 4.74 Å². The highest BCUT2D eigenvalue weighted by atomic mass is 79.9. The topological polar surface area (TPSA) is 38.3 Å². The number of amides is 1. The van der Waals surface area contributed by atoms with E-state index in [1.54, 1.807) is 19.2 Å². The maximum atomic E-state index is 12.4. The van der Waals surface area contributed by atoms with Crippen molar-refractivity contribution in [2.75, 3.05) is 12.4 Å². The number of hydrogen-bond donors (Lipinski definition) is 1. The molecule has 0 spiro atoms. The highest BCUT2D eigenvalue weighted by Crippen LogP contribution is 2.17. The minimum atomic E-state index is -0.118. The zero-order valence-electron chi connectivity index (χ0n) is 11.9. The number of carbonyl (C=O) groups excluding carboxylic acids is 1. The largest absolute Gasteiger partial charge is 0.496 e. The maximum Gasteiger partial charge on any atom is 0.255 e. The van der Waals surface area contributed by atoms with E-state index < -0.39 is 0 Å². The lowest BCUT2D eigenvalue weighted by molar-refractivity contribution is 0.0938. The molecule has 0 aliphatic rings. The van der Waals surface area contributed by atoms with Crippen LogP contribution in [0.5, 0.6) is 5.75 Å². The van der Waals surface area contributed by atoms with Crippen LogP contribution in [0.4, 0.5) is 0 Å². The number of carbonyl (C=O) groups is 1. The van der Waals surface area contributed by atoms with Crippen LogP contribution in [-0.4, -0.2) is 24.4 Å². The Morgan fingerprint density at radius 3 is 2.48 bits per heavy atom. The number of halogens is 1. The second-order valence-corrected chi connectivity index (χ2v) is 5.36. The number of rotatable bonds is 6. The number of nitrogens with one attached hydrogen (secondary N) is 1. The van der Waals surface area contributed by atoms with Crippen LogP contribution in [0, 0.1) is 0 Å². The van der Waals surface area contributed by atoms with Crippen LogP contribution in [0.3, 0.4) is 0 Å². The van der Waals surface area contributed by atoms with E-state index >= 15 is 0 Å². The molecule has 110 valence electrons. The van der Waals surface area contributed by atoms with Gasteiger partial charge in [0.1, 0.15) is 5.75 Å². The van der Waals surface area contributed by atoms with Crippen LogP contribution in [0.25, 0.3) is 0 Å². The normalized spacial score (nSPS) is 11.7. The van der Waals surface area contributed by atoms with Gasteiger partial charge < -0.3 is 10.1 Å². The highest BCUT2D eigenvalue weighted by molar-refractivity contribution is 9.09. The van der Waals surface area contributed by atoms with E-state index in [1.807, 2.05) is 30.3 Å². The monoisotopic (exact) mass is 347 g/mol. The summed E-state index contributed by atoms with van der Waals surface area (Å²) in [7, 11) is 1.57. The second kappa shape index (κ2) is 7.84. The Morgan fingerprint density at radius 2 is 1.81 bits per heavy atom. The molecule has 21 heavy (non-hydrogen) atoms. The molecule has 2 aromatic carbocycles. The third kappa shape index (κ3) is 4.33. The van der Waals surface area contributed by atoms with Gasteiger partial charge in [-0.2, -0.15) is 0 Å². The fourth-order valence-corrected chi connectivity index (χ4v) is 2.53. The number of alkyl halides is 1. The summed E-state index contributed by atoms with van der Waals surface area (Å²) < 4.78 is 5.23. The zero-order valence-corrected chi connectivity index (χ0v) is 13.5. The quantitative estimate of drug-likeness (QED) is 0.813. The molecule has 0 heterocycles. The lowest BCUT2D eigenvalue weighted by Crippen LogP contribution is -2.37. The maximum absolute atomic E-state index is 12.4. The minimum absolute atomic E-state index is 0.0322. The number of ether oxygens (including phenoxy) is 1. The summed E-state index contributed by atoms with van der Waals surface area (Å²) in [5.41, 5.74) is 1.75. The Hall–Kier alpha value is -1.81. The highest BCUT2D eigenvalue weighted by Gasteiger charge is 2.16. The average Bonchev–Trinajstić information content (AvgIpc) is 2.55. The first kappa shape index (κ1) is 15.6. The molecule has 3 nitrogen and oxygen atoms in total. The molecule has 0 aliphatic carbocycles. The van der Waals surface area contributed by atoms with Crippen LogP contribution in [0.1, 0.15) is 15.9 Å². The summed E-state index contributed by atoms with van der Waals surface area (Å²) >= 11 is 3.46. The molecule has 0 radical (unpaired) electrons. The van der Waals surface area contributed by atoms with Crippen LogP contribution >= 0.6 is 15.9 Å². The summed E-state index contributed by atoms with van der Waals surface area (Å²) in [5.74, 6) is 0.468. The van der Waals surface area contributed by atoms with Gasteiger partial charge in [-0.1, -0.05) is 58.4 Å². The van der Waals surface area contributed by atoms with E-state index in [1.165, 1.54) is 5.56 Å². The standard InChI is InChI=1S/C17H18BrNO2/c1-21-16-10-6-5-9-15(16)17(20)19-14(12-18)11-13-7-3-2-4-8-13/h2-10,14H,11-12H2,1H3,(H,19,20). The smallest absolute Gasteiger partial charge is 0.255 e. The van der Waals surface area contributed by atoms with Crippen molar-refractivity contribution in [1.29, 1.82) is 0 Å². The van der Waals surface area contributed by atoms with Gasteiger partial charge in [0, 0.05) is 11.4 Å². The van der Waals surface area contributed by atoms with Gasteiger partial charge in [0.05, 0.1) is 12.7 Å². The van der Waals surface area contributed by atoms with Gasteiger partial charge in [0.2, 0.25) is 0 Å². The van der Waals surface area contributed by atoms with Crippen LogP contribution in [-0.2, 0) is 6.42 Å². The predicted octanol–water partition coefficient (Wildman–Crippen LogP) is 3.43. The van der Waals surface area contributed by atoms with Crippen LogP contribution < -0.4 is 10.1 Å². The first-order valence-electron chi connectivity index (χ1n) is 6.78. The number of methoxy groups -OCH3 is 1. The van der Waals surface area contributed by atoms with E-state index in [2.05, 4.69) is 33.4 Å². The molecule has 0 fully saturated rings. The molecule has 0 saturated heterocycles. The van der Waals surface area contributed by atoms with Gasteiger partial charge in [-0.05, 0) is 24.1 Å². The fourth-order valence-electron chi connectivity index (χ4n) is 2.14. The summed E-state index contributed by atoms with van der Waals surface area (Å²) in [4.78, 5) is 12.4. The van der Waals surface area contributed by atoms with Gasteiger partial charge >= 0.3 is 0 Å². The van der Waals surface area contributed by atoms with Crippen LogP contribution in [0.2, 0.25) is 0 Å². The summed E-state index contributed by atoms with van der Waals surface area (Å²) in [6, 6.07) is 17.4. The molecular formula is C17H18BrNO2. The van der Waals surface area contributed by atoms with Gasteiger partial charge in [-0.25, -0.2) is 0 Å². The van der Waals surface area contributed by atoms with Crippen molar-refractivity contribution in [2.24, 2.45) is 0 Å². The second-order valence-electron chi connectivity index (χ2n) is 4.71. The molecule has 1 atom stereocenters. The molecule has 1 amide bonds. The van der Waals surface area contributed by atoms with Crippen molar-refractivity contribution < 1.29 is 9.53 Å². The van der Waals surface area contributed by atoms with Crippen molar-refractivity contribution in [3.8, 4) is 5.75 Å². The molecule has 0 bridgehead atoms. The van der Waals surface area contributed by atoms with E-state index in [0.717, 1.165) is 6.42 Å². The first-order valence-corrected chi connectivity index (χ1v) is 7.90. The van der Waals surface area contributed by atoms with E-state index in [0.29, 0.717) is 16.6 Å². The Kier molecular flexibility index (Phi) is 5.81. The Balaban J connectivity index is 2.06. The fraction of sp³-hybridized carbons (Fsp3) is 0.235. The number of benzene rings is 2. The zero-order chi connectivity index (χ0) is 15.1. The van der Waals surface area contributed by atoms with Crippen LogP contribution in [0.15, 0.2) is 54.6 Å². The summed E-state index contributed by atoms with van der Waals surface area (Å²) in [5, 5.41) is 3.74. The third-order valence-corrected chi connectivity index (χ3v) is 3.98. The Labute approximate surface area is 133 Å². The lowest BCUT2D eigenvalue weighted by atomic mass is 10.1. The molecule has 1 unspecified atom stereocenters. The molecule has 1 N–H and O–H groups in total. The first-order chi connectivity index (χ1) is 10.2. The van der Waals surface area contributed by atoms with Gasteiger partial charge in [0.25, 0.3) is 5.91 Å². The molecule has 2 rings (SSSR count). The van der Waals surface area contributed by atoms with Gasteiger partial charge in [-0.3, -0.25) is 4.79 Å². The average molecular weight is 348 g/mol. The molecule has 0 aromatic heterocycles. The Morgan fingerprint density at radius 1 is 1.14 bits per heavy atom.